The number of halogens is 3. The predicted octanol–water partition coefficient (Wildman–Crippen LogP) is 2.96. The van der Waals surface area contributed by atoms with Gasteiger partial charge in [0.15, 0.2) is 9.84 Å². The summed E-state index contributed by atoms with van der Waals surface area (Å²) in [5, 5.41) is 9.17. The van der Waals surface area contributed by atoms with E-state index in [0.29, 0.717) is 17.0 Å². The van der Waals surface area contributed by atoms with E-state index in [1.54, 1.807) is 0 Å². The number of hydrogen-bond acceptors (Lipinski definition) is 7. The molecule has 0 radical (unpaired) electrons. The molecule has 0 unspecified atom stereocenters. The van der Waals surface area contributed by atoms with Crippen LogP contribution in [0.2, 0.25) is 0 Å². The first-order chi connectivity index (χ1) is 18.4. The summed E-state index contributed by atoms with van der Waals surface area (Å²) in [4.78, 5) is 17.4. The lowest BCUT2D eigenvalue weighted by Crippen LogP contribution is -2.42. The van der Waals surface area contributed by atoms with Gasteiger partial charge in [0.2, 0.25) is 0 Å². The molecule has 2 heterocycles. The monoisotopic (exact) mass is 563 g/mol. The topological polar surface area (TPSA) is 114 Å². The number of fused-ring (bicyclic) bond motifs is 1. The minimum Gasteiger partial charge on any atom is -0.495 e. The maximum atomic E-state index is 13.2. The summed E-state index contributed by atoms with van der Waals surface area (Å²) < 4.78 is 69.5. The number of nitrogens with one attached hydrogen (secondary N) is 3. The number of sulfone groups is 1. The number of imidazole rings is 1. The van der Waals surface area contributed by atoms with Crippen LogP contribution in [0.1, 0.15) is 28.8 Å². The smallest absolute Gasteiger partial charge is 0.406 e. The highest BCUT2D eigenvalue weighted by Crippen LogP contribution is 2.28. The molecule has 1 amide bonds. The number of rotatable bonds is 7. The highest BCUT2D eigenvalue weighted by molar-refractivity contribution is 7.90. The molecule has 0 bridgehead atoms. The van der Waals surface area contributed by atoms with Crippen LogP contribution in [0.5, 0.6) is 5.75 Å². The molecule has 1 aliphatic rings. The van der Waals surface area contributed by atoms with E-state index in [1.165, 1.54) is 37.4 Å². The second-order valence-corrected chi connectivity index (χ2v) is 11.2. The normalized spacial score (nSPS) is 14.5. The Bertz CT molecular complexity index is 1530. The molecule has 1 aromatic heterocycles. The number of hydrogen-bond donors (Lipinski definition) is 3. The van der Waals surface area contributed by atoms with Crippen molar-refractivity contribution < 1.29 is 31.1 Å². The van der Waals surface area contributed by atoms with E-state index in [9.17, 15) is 26.4 Å². The summed E-state index contributed by atoms with van der Waals surface area (Å²) >= 11 is 0. The van der Waals surface area contributed by atoms with Crippen molar-refractivity contribution >= 4 is 32.5 Å². The van der Waals surface area contributed by atoms with Crippen molar-refractivity contribution in [1.82, 2.24) is 20.2 Å². The molecule has 0 aliphatic carbocycles. The van der Waals surface area contributed by atoms with Crippen molar-refractivity contribution in [2.24, 2.45) is 0 Å². The minimum atomic E-state index is -4.48. The van der Waals surface area contributed by atoms with Gasteiger partial charge >= 0.3 is 6.18 Å². The third-order valence-corrected chi connectivity index (χ3v) is 7.30. The summed E-state index contributed by atoms with van der Waals surface area (Å²) in [5.41, 5.74) is 1.20. The van der Waals surface area contributed by atoms with Crippen LogP contribution in [-0.4, -0.2) is 69.1 Å². The summed E-state index contributed by atoms with van der Waals surface area (Å²) in [6.07, 6.45) is -0.828. The van der Waals surface area contributed by atoms with Crippen LogP contribution in [0.4, 0.5) is 18.9 Å². The SMILES string of the molecule is COc1ccc(S(C)(=O)=O)cc1NCC#Cc1cc(C(=O)NC2CCNCC2)c2ncn(CC(F)(F)F)c2c1. The van der Waals surface area contributed by atoms with E-state index in [4.69, 9.17) is 4.74 Å². The predicted molar refractivity (Wildman–Crippen MR) is 141 cm³/mol. The lowest BCUT2D eigenvalue weighted by atomic mass is 10.0. The zero-order chi connectivity index (χ0) is 28.2. The molecule has 0 spiro atoms. The molecular weight excluding hydrogens is 535 g/mol. The van der Waals surface area contributed by atoms with E-state index in [-0.39, 0.29) is 34.1 Å². The van der Waals surface area contributed by atoms with E-state index in [0.717, 1.165) is 43.1 Å². The Kier molecular flexibility index (Phi) is 8.36. The molecule has 1 aliphatic heterocycles. The van der Waals surface area contributed by atoms with Crippen molar-refractivity contribution in [3.63, 3.8) is 0 Å². The quantitative estimate of drug-likeness (QED) is 0.379. The average Bonchev–Trinajstić information content (AvgIpc) is 3.27. The second-order valence-electron chi connectivity index (χ2n) is 9.17. The van der Waals surface area contributed by atoms with Crippen LogP contribution in [0.25, 0.3) is 11.0 Å². The van der Waals surface area contributed by atoms with Gasteiger partial charge in [-0.25, -0.2) is 13.4 Å². The first-order valence-corrected chi connectivity index (χ1v) is 14.0. The van der Waals surface area contributed by atoms with Gasteiger partial charge in [0.25, 0.3) is 5.91 Å². The number of alkyl halides is 3. The van der Waals surface area contributed by atoms with E-state index in [1.807, 2.05) is 0 Å². The fraction of sp³-hybridized carbons (Fsp3) is 0.385. The number of nitrogens with zero attached hydrogens (tertiary/aromatic N) is 2. The van der Waals surface area contributed by atoms with Gasteiger partial charge < -0.3 is 25.3 Å². The average molecular weight is 564 g/mol. The molecule has 13 heteroatoms. The third kappa shape index (κ3) is 7.21. The van der Waals surface area contributed by atoms with Gasteiger partial charge in [0, 0.05) is 17.9 Å². The third-order valence-electron chi connectivity index (χ3n) is 6.19. The molecular formula is C26H28F3N5O4S. The van der Waals surface area contributed by atoms with Gasteiger partial charge in [0.1, 0.15) is 17.8 Å². The molecule has 3 aromatic rings. The second kappa shape index (κ2) is 11.5. The molecule has 1 fully saturated rings. The number of benzene rings is 2. The van der Waals surface area contributed by atoms with E-state index < -0.39 is 28.5 Å². The molecule has 4 rings (SSSR count). The van der Waals surface area contributed by atoms with Crippen LogP contribution >= 0.6 is 0 Å². The van der Waals surface area contributed by atoms with Crippen molar-refractivity contribution in [1.29, 1.82) is 0 Å². The van der Waals surface area contributed by atoms with Crippen LogP contribution in [0.3, 0.4) is 0 Å². The zero-order valence-electron chi connectivity index (χ0n) is 21.4. The van der Waals surface area contributed by atoms with E-state index in [2.05, 4.69) is 32.8 Å². The Hall–Kier alpha value is -3.76. The Morgan fingerprint density at radius 3 is 2.64 bits per heavy atom. The van der Waals surface area contributed by atoms with Gasteiger partial charge in [-0.2, -0.15) is 13.2 Å². The molecule has 3 N–H and O–H groups in total. The number of piperidine rings is 1. The molecule has 0 atom stereocenters. The van der Waals surface area contributed by atoms with Gasteiger partial charge in [-0.3, -0.25) is 4.79 Å². The summed E-state index contributed by atoms with van der Waals surface area (Å²) in [6, 6.07) is 7.31. The number of ether oxygens (including phenoxy) is 1. The van der Waals surface area contributed by atoms with Crippen LogP contribution < -0.4 is 20.7 Å². The minimum absolute atomic E-state index is 0.0531. The molecule has 1 saturated heterocycles. The van der Waals surface area contributed by atoms with Gasteiger partial charge in [-0.1, -0.05) is 11.8 Å². The maximum absolute atomic E-state index is 13.2. The number of carbonyl (C=O) groups excluding carboxylic acids is 1. The molecule has 208 valence electrons. The number of carbonyl (C=O) groups is 1. The lowest BCUT2D eigenvalue weighted by molar-refractivity contribution is -0.139. The fourth-order valence-electron chi connectivity index (χ4n) is 4.30. The van der Waals surface area contributed by atoms with Crippen molar-refractivity contribution in [3.8, 4) is 17.6 Å². The Labute approximate surface area is 224 Å². The van der Waals surface area contributed by atoms with Crippen LogP contribution in [-0.2, 0) is 16.4 Å². The summed E-state index contributed by atoms with van der Waals surface area (Å²) in [7, 11) is -1.99. The Morgan fingerprint density at radius 2 is 1.97 bits per heavy atom. The number of methoxy groups -OCH3 is 1. The van der Waals surface area contributed by atoms with Crippen molar-refractivity contribution in [3.05, 3.63) is 47.8 Å². The zero-order valence-corrected chi connectivity index (χ0v) is 22.2. The molecule has 39 heavy (non-hydrogen) atoms. The highest BCUT2D eigenvalue weighted by atomic mass is 32.2. The van der Waals surface area contributed by atoms with Crippen molar-refractivity contribution in [2.75, 3.05) is 38.3 Å². The molecule has 9 nitrogen and oxygen atoms in total. The maximum Gasteiger partial charge on any atom is 0.406 e. The standard InChI is InChI=1S/C26H28F3N5O4S/c1-38-23-6-5-19(39(2,36)37)14-21(23)31-9-3-4-17-12-20(25(35)33-18-7-10-30-11-8-18)24-22(13-17)34(16-32-24)15-26(27,28)29/h5-6,12-14,16,18,30-31H,7-11,15H2,1-2H3,(H,33,35). The van der Waals surface area contributed by atoms with Gasteiger partial charge in [-0.15, -0.1) is 0 Å². The number of amides is 1. The Balaban J connectivity index is 1.62. The van der Waals surface area contributed by atoms with Gasteiger partial charge in [0.05, 0.1) is 41.6 Å². The summed E-state index contributed by atoms with van der Waals surface area (Å²) in [5.74, 6) is 5.75. The largest absolute Gasteiger partial charge is 0.495 e. The lowest BCUT2D eigenvalue weighted by Gasteiger charge is -2.23. The van der Waals surface area contributed by atoms with E-state index >= 15 is 0 Å². The highest BCUT2D eigenvalue weighted by Gasteiger charge is 2.29. The first-order valence-electron chi connectivity index (χ1n) is 12.1. The van der Waals surface area contributed by atoms with Crippen LogP contribution in [0.15, 0.2) is 41.6 Å². The summed E-state index contributed by atoms with van der Waals surface area (Å²) in [6.45, 7) is 0.335. The number of aromatic nitrogens is 2. The fourth-order valence-corrected chi connectivity index (χ4v) is 4.95. The molecule has 0 saturated carbocycles. The van der Waals surface area contributed by atoms with Crippen LogP contribution in [0, 0.1) is 11.8 Å². The number of anilines is 1. The molecule has 2 aromatic carbocycles. The van der Waals surface area contributed by atoms with Crippen molar-refractivity contribution in [2.45, 2.75) is 36.5 Å². The Morgan fingerprint density at radius 1 is 1.23 bits per heavy atom. The first kappa shape index (κ1) is 28.3. The van der Waals surface area contributed by atoms with Gasteiger partial charge in [-0.05, 0) is 56.3 Å².